The number of esters is 1. The lowest BCUT2D eigenvalue weighted by molar-refractivity contribution is -0.384. The van der Waals surface area contributed by atoms with E-state index in [0.717, 1.165) is 16.7 Å². The number of β-lactam (4-membered cyclic amide) rings is 1. The molecule has 0 aliphatic carbocycles. The first-order valence-corrected chi connectivity index (χ1v) is 17.4. The second-order valence-corrected chi connectivity index (χ2v) is 17.8. The summed E-state index contributed by atoms with van der Waals surface area (Å²) in [5.74, 6) is -3.97. The maximum absolute atomic E-state index is 13.1. The average Bonchev–Trinajstić information content (AvgIpc) is 2.93. The van der Waals surface area contributed by atoms with Gasteiger partial charge in [-0.2, -0.15) is 0 Å². The van der Waals surface area contributed by atoms with Crippen molar-refractivity contribution < 1.29 is 38.0 Å². The van der Waals surface area contributed by atoms with Crippen LogP contribution in [0.4, 0.5) is 5.69 Å². The first-order chi connectivity index (χ1) is 20.0. The van der Waals surface area contributed by atoms with Crippen molar-refractivity contribution in [1.82, 2.24) is 4.90 Å². The summed E-state index contributed by atoms with van der Waals surface area (Å²) in [6.07, 6.45) is 0.292. The standard InChI is InChI=1S/C28H33N3O9S2Si/c1-28(2,3)43(4,5)39-15-14-21-23(33)30(24(34)26(35)38-16-17-6-10-19(11-7-17)31(36)37)25(21)42-27(41)40-20-12-8-18(9-13-20)22(29)32/h6-13,21,25H,14-16H2,1-5H3,(H2,29,32)/t21-,25+/m0/s1. The Labute approximate surface area is 259 Å². The number of ether oxygens (including phenoxy) is 2. The molecule has 2 N–H and O–H groups in total. The molecule has 15 heteroatoms. The fourth-order valence-electron chi connectivity index (χ4n) is 3.73. The van der Waals surface area contributed by atoms with E-state index >= 15 is 0 Å². The number of benzene rings is 2. The van der Waals surface area contributed by atoms with Crippen LogP contribution in [0.3, 0.4) is 0 Å². The molecular weight excluding hydrogens is 615 g/mol. The normalized spacial score (nSPS) is 16.7. The summed E-state index contributed by atoms with van der Waals surface area (Å²) in [7, 11) is -2.10. The van der Waals surface area contributed by atoms with Crippen LogP contribution in [0.1, 0.15) is 43.1 Å². The molecular formula is C28H33N3O9S2Si. The van der Waals surface area contributed by atoms with Crippen molar-refractivity contribution in [2.75, 3.05) is 6.61 Å². The molecule has 2 atom stereocenters. The number of nitrogens with zero attached hydrogens (tertiary/aromatic N) is 2. The van der Waals surface area contributed by atoms with Crippen LogP contribution in [0.5, 0.6) is 5.75 Å². The summed E-state index contributed by atoms with van der Waals surface area (Å²) in [6.45, 7) is 10.4. The summed E-state index contributed by atoms with van der Waals surface area (Å²) in [4.78, 5) is 61.2. The van der Waals surface area contributed by atoms with E-state index in [1.54, 1.807) is 0 Å². The van der Waals surface area contributed by atoms with Crippen LogP contribution in [0.25, 0.3) is 0 Å². The molecule has 0 radical (unpaired) electrons. The topological polar surface area (TPSA) is 168 Å². The van der Waals surface area contributed by atoms with E-state index < -0.39 is 48.2 Å². The maximum atomic E-state index is 13.1. The summed E-state index contributed by atoms with van der Waals surface area (Å²) < 4.78 is 17.0. The van der Waals surface area contributed by atoms with Crippen LogP contribution in [0.15, 0.2) is 48.5 Å². The molecule has 0 spiro atoms. The zero-order chi connectivity index (χ0) is 32.1. The molecule has 3 amide bonds. The predicted octanol–water partition coefficient (Wildman–Crippen LogP) is 4.56. The number of carbonyl (C=O) groups excluding carboxylic acids is 4. The number of nitro benzene ring substituents is 1. The van der Waals surface area contributed by atoms with Gasteiger partial charge in [0.1, 0.15) is 17.7 Å². The number of nitro groups is 1. The smallest absolute Gasteiger partial charge is 0.397 e. The minimum atomic E-state index is -2.10. The van der Waals surface area contributed by atoms with Gasteiger partial charge in [-0.05, 0) is 90.5 Å². The fourth-order valence-corrected chi connectivity index (χ4v) is 6.24. The second-order valence-electron chi connectivity index (χ2n) is 11.3. The lowest BCUT2D eigenvalue weighted by Crippen LogP contribution is -2.64. The number of non-ortho nitro benzene ring substituents is 1. The Morgan fingerprint density at radius 1 is 1.09 bits per heavy atom. The molecule has 1 aliphatic rings. The Morgan fingerprint density at radius 2 is 1.70 bits per heavy atom. The molecule has 3 rings (SSSR count). The summed E-state index contributed by atoms with van der Waals surface area (Å²) >= 11 is 6.30. The fraction of sp³-hybridized carbons (Fsp3) is 0.393. The van der Waals surface area contributed by atoms with Gasteiger partial charge >= 0.3 is 11.9 Å². The molecule has 12 nitrogen and oxygen atoms in total. The van der Waals surface area contributed by atoms with E-state index in [1.165, 1.54) is 48.5 Å². The molecule has 43 heavy (non-hydrogen) atoms. The third-order valence-electron chi connectivity index (χ3n) is 7.32. The Morgan fingerprint density at radius 3 is 2.23 bits per heavy atom. The number of hydrogen-bond donors (Lipinski definition) is 1. The van der Waals surface area contributed by atoms with Crippen LogP contribution in [0.2, 0.25) is 18.1 Å². The van der Waals surface area contributed by atoms with Gasteiger partial charge in [0.2, 0.25) is 16.2 Å². The molecule has 0 unspecified atom stereocenters. The number of hydrogen-bond acceptors (Lipinski definition) is 11. The van der Waals surface area contributed by atoms with Crippen molar-refractivity contribution in [2.45, 2.75) is 57.3 Å². The first kappa shape index (κ1) is 33.8. The number of imide groups is 1. The van der Waals surface area contributed by atoms with Gasteiger partial charge in [0.05, 0.1) is 10.8 Å². The average molecular weight is 648 g/mol. The van der Waals surface area contributed by atoms with Gasteiger partial charge in [0, 0.05) is 24.3 Å². The summed E-state index contributed by atoms with van der Waals surface area (Å²) in [6, 6.07) is 11.2. The van der Waals surface area contributed by atoms with Crippen LogP contribution in [-0.2, 0) is 30.2 Å². The Hall–Kier alpha value is -3.66. The SMILES string of the molecule is CC(C)(C)[Si](C)(C)OCC[C@H]1C(=O)N(C(=O)C(=O)OCc2ccc([N+](=O)[O-])cc2)[C@@H]1SC(=S)Oc1ccc(C(N)=O)cc1. The summed E-state index contributed by atoms with van der Waals surface area (Å²) in [5, 5.41) is 9.94. The Bertz CT molecular complexity index is 1410. The number of thiocarbonyl (C=S) groups is 1. The largest absolute Gasteiger partial charge is 0.454 e. The van der Waals surface area contributed by atoms with E-state index in [1.807, 2.05) is 0 Å². The van der Waals surface area contributed by atoms with Crippen molar-refractivity contribution in [2.24, 2.45) is 11.7 Å². The maximum Gasteiger partial charge on any atom is 0.397 e. The number of likely N-dealkylation sites (tertiary alicyclic amines) is 1. The van der Waals surface area contributed by atoms with Crippen LogP contribution in [-0.4, -0.2) is 58.2 Å². The van der Waals surface area contributed by atoms with Crippen molar-refractivity contribution in [1.29, 1.82) is 0 Å². The molecule has 0 saturated carbocycles. The van der Waals surface area contributed by atoms with Gasteiger partial charge in [-0.1, -0.05) is 20.8 Å². The predicted molar refractivity (Wildman–Crippen MR) is 166 cm³/mol. The highest BCUT2D eigenvalue weighted by molar-refractivity contribution is 8.23. The van der Waals surface area contributed by atoms with Crippen molar-refractivity contribution in [3.8, 4) is 5.75 Å². The minimum Gasteiger partial charge on any atom is -0.454 e. The zero-order valence-corrected chi connectivity index (χ0v) is 27.0. The quantitative estimate of drug-likeness (QED) is 0.0730. The van der Waals surface area contributed by atoms with E-state index in [0.29, 0.717) is 17.7 Å². The molecule has 2 aromatic carbocycles. The molecule has 1 aliphatic heterocycles. The molecule has 1 saturated heterocycles. The zero-order valence-electron chi connectivity index (χ0n) is 24.4. The lowest BCUT2D eigenvalue weighted by atomic mass is 9.94. The third kappa shape index (κ3) is 8.46. The molecule has 1 heterocycles. The monoisotopic (exact) mass is 647 g/mol. The first-order valence-electron chi connectivity index (χ1n) is 13.2. The number of amides is 3. The van der Waals surface area contributed by atoms with Crippen LogP contribution >= 0.6 is 24.0 Å². The molecule has 1 fully saturated rings. The van der Waals surface area contributed by atoms with Gasteiger partial charge in [0.25, 0.3) is 5.69 Å². The van der Waals surface area contributed by atoms with Gasteiger partial charge < -0.3 is 19.6 Å². The number of nitrogens with two attached hydrogens (primary N) is 1. The highest BCUT2D eigenvalue weighted by Crippen LogP contribution is 2.40. The van der Waals surface area contributed by atoms with E-state index in [9.17, 15) is 29.3 Å². The third-order valence-corrected chi connectivity index (χ3v) is 13.3. The Balaban J connectivity index is 1.70. The van der Waals surface area contributed by atoms with Gasteiger partial charge in [0.15, 0.2) is 8.32 Å². The number of carbonyl (C=O) groups is 4. The van der Waals surface area contributed by atoms with E-state index in [2.05, 4.69) is 33.9 Å². The van der Waals surface area contributed by atoms with Crippen molar-refractivity contribution >= 4 is 66.1 Å². The van der Waals surface area contributed by atoms with Crippen LogP contribution < -0.4 is 10.5 Å². The highest BCUT2D eigenvalue weighted by atomic mass is 32.2. The number of rotatable bonds is 10. The van der Waals surface area contributed by atoms with Crippen LogP contribution in [0, 0.1) is 16.0 Å². The molecule has 230 valence electrons. The van der Waals surface area contributed by atoms with Gasteiger partial charge in [-0.3, -0.25) is 29.4 Å². The molecule has 0 aromatic heterocycles. The van der Waals surface area contributed by atoms with Gasteiger partial charge in [-0.15, -0.1) is 0 Å². The molecule has 2 aromatic rings. The van der Waals surface area contributed by atoms with E-state index in [-0.39, 0.29) is 33.9 Å². The second kappa shape index (κ2) is 13.8. The number of thioether (sulfide) groups is 1. The number of primary amides is 1. The van der Waals surface area contributed by atoms with Gasteiger partial charge in [-0.25, -0.2) is 4.79 Å². The summed E-state index contributed by atoms with van der Waals surface area (Å²) in [5.41, 5.74) is 5.83. The lowest BCUT2D eigenvalue weighted by Gasteiger charge is -2.44. The highest BCUT2D eigenvalue weighted by Gasteiger charge is 2.53. The molecule has 0 bridgehead atoms. The van der Waals surface area contributed by atoms with Crippen molar-refractivity contribution in [3.63, 3.8) is 0 Å². The minimum absolute atomic E-state index is 0.0170. The Kier molecular flexibility index (Phi) is 10.8. The van der Waals surface area contributed by atoms with Crippen molar-refractivity contribution in [3.05, 3.63) is 69.8 Å². The van der Waals surface area contributed by atoms with E-state index in [4.69, 9.17) is 31.9 Å².